The molecular weight excluding hydrogens is 366 g/mol. The third-order valence-electron chi connectivity index (χ3n) is 3.73. The maximum Gasteiger partial charge on any atom is 0.305 e. The molecule has 0 aliphatic rings. The minimum Gasteiger partial charge on any atom is -0.469 e. The van der Waals surface area contributed by atoms with Crippen molar-refractivity contribution in [2.75, 3.05) is 19.0 Å². The van der Waals surface area contributed by atoms with Crippen LogP contribution >= 0.6 is 23.6 Å². The van der Waals surface area contributed by atoms with Gasteiger partial charge in [0.25, 0.3) is 0 Å². The average Bonchev–Trinajstić information content (AvgIpc) is 3.09. The molecule has 0 fully saturated rings. The number of nitrogens with one attached hydrogen (secondary N) is 2. The van der Waals surface area contributed by atoms with Crippen molar-refractivity contribution in [3.63, 3.8) is 0 Å². The van der Waals surface area contributed by atoms with Crippen molar-refractivity contribution in [2.45, 2.75) is 12.8 Å². The average molecular weight is 386 g/mol. The topological polar surface area (TPSA) is 63.2 Å². The summed E-state index contributed by atoms with van der Waals surface area (Å²) in [5.74, 6) is -0.214. The number of carbonyl (C=O) groups excluding carboxylic acids is 1. The van der Waals surface area contributed by atoms with E-state index in [0.717, 1.165) is 21.8 Å². The number of ether oxygens (including phenoxy) is 1. The number of thiazole rings is 1. The summed E-state index contributed by atoms with van der Waals surface area (Å²) in [6, 6.07) is 16.1. The van der Waals surface area contributed by atoms with Gasteiger partial charge >= 0.3 is 5.97 Å². The van der Waals surface area contributed by atoms with Crippen LogP contribution < -0.4 is 10.6 Å². The van der Waals surface area contributed by atoms with Crippen molar-refractivity contribution in [2.24, 2.45) is 0 Å². The fourth-order valence-corrected chi connectivity index (χ4v) is 3.62. The van der Waals surface area contributed by atoms with E-state index >= 15 is 0 Å². The molecule has 0 unspecified atom stereocenters. The van der Waals surface area contributed by atoms with Crippen molar-refractivity contribution < 1.29 is 9.53 Å². The van der Waals surface area contributed by atoms with Gasteiger partial charge in [-0.05, 0) is 42.9 Å². The molecular formula is C19H19N3O2S2. The van der Waals surface area contributed by atoms with Crippen LogP contribution in [0.2, 0.25) is 0 Å². The van der Waals surface area contributed by atoms with Gasteiger partial charge < -0.3 is 15.4 Å². The minimum absolute atomic E-state index is 0.214. The van der Waals surface area contributed by atoms with E-state index in [0.29, 0.717) is 24.5 Å². The van der Waals surface area contributed by atoms with Gasteiger partial charge in [0.1, 0.15) is 5.01 Å². The van der Waals surface area contributed by atoms with Gasteiger partial charge in [-0.15, -0.1) is 11.3 Å². The maximum atomic E-state index is 11.1. The Morgan fingerprint density at radius 3 is 2.88 bits per heavy atom. The van der Waals surface area contributed by atoms with Crippen LogP contribution in [-0.4, -0.2) is 29.7 Å². The molecule has 0 aliphatic carbocycles. The third kappa shape index (κ3) is 4.77. The highest BCUT2D eigenvalue weighted by Crippen LogP contribution is 2.31. The zero-order chi connectivity index (χ0) is 18.4. The zero-order valence-electron chi connectivity index (χ0n) is 14.3. The monoisotopic (exact) mass is 385 g/mol. The number of thiocarbonyl (C=S) groups is 1. The number of anilines is 1. The molecule has 3 rings (SSSR count). The molecule has 0 saturated heterocycles. The number of aromatic nitrogens is 1. The summed E-state index contributed by atoms with van der Waals surface area (Å²) in [4.78, 5) is 15.8. The van der Waals surface area contributed by atoms with Crippen LogP contribution in [0.4, 0.5) is 5.69 Å². The van der Waals surface area contributed by atoms with E-state index in [9.17, 15) is 4.79 Å². The molecule has 1 heterocycles. The fraction of sp³-hybridized carbons (Fsp3) is 0.211. The lowest BCUT2D eigenvalue weighted by Gasteiger charge is -2.11. The summed E-state index contributed by atoms with van der Waals surface area (Å²) in [5, 5.41) is 7.76. The highest BCUT2D eigenvalue weighted by atomic mass is 32.1. The van der Waals surface area contributed by atoms with Crippen LogP contribution in [0.3, 0.4) is 0 Å². The molecule has 0 spiro atoms. The quantitative estimate of drug-likeness (QED) is 0.377. The molecule has 0 amide bonds. The van der Waals surface area contributed by atoms with E-state index in [1.165, 1.54) is 11.8 Å². The molecule has 7 heteroatoms. The van der Waals surface area contributed by atoms with E-state index in [4.69, 9.17) is 12.2 Å². The van der Waals surface area contributed by atoms with Gasteiger partial charge in [-0.1, -0.05) is 24.3 Å². The Bertz CT molecular complexity index is 891. The van der Waals surface area contributed by atoms with Gasteiger partial charge in [0, 0.05) is 24.2 Å². The number of rotatable bonds is 6. The number of hydrogen-bond acceptors (Lipinski definition) is 5. The Labute approximate surface area is 161 Å². The van der Waals surface area contributed by atoms with Gasteiger partial charge in [0.2, 0.25) is 0 Å². The van der Waals surface area contributed by atoms with Gasteiger partial charge in [-0.3, -0.25) is 4.79 Å². The molecule has 0 bridgehead atoms. The molecule has 0 aliphatic heterocycles. The first-order chi connectivity index (χ1) is 12.7. The molecule has 3 aromatic rings. The Morgan fingerprint density at radius 1 is 1.23 bits per heavy atom. The van der Waals surface area contributed by atoms with Crippen molar-refractivity contribution in [1.82, 2.24) is 10.3 Å². The van der Waals surface area contributed by atoms with E-state index in [-0.39, 0.29) is 5.97 Å². The summed E-state index contributed by atoms with van der Waals surface area (Å²) >= 11 is 6.97. The molecule has 2 aromatic carbocycles. The van der Waals surface area contributed by atoms with E-state index in [1.54, 1.807) is 11.3 Å². The van der Waals surface area contributed by atoms with Crippen LogP contribution in [0.15, 0.2) is 48.5 Å². The van der Waals surface area contributed by atoms with Crippen molar-refractivity contribution in [1.29, 1.82) is 0 Å². The number of methoxy groups -OCH3 is 1. The number of fused-ring (bicyclic) bond motifs is 1. The highest BCUT2D eigenvalue weighted by molar-refractivity contribution is 7.80. The largest absolute Gasteiger partial charge is 0.469 e. The Morgan fingerprint density at radius 2 is 2.08 bits per heavy atom. The predicted molar refractivity (Wildman–Crippen MR) is 111 cm³/mol. The highest BCUT2D eigenvalue weighted by Gasteiger charge is 2.07. The summed E-state index contributed by atoms with van der Waals surface area (Å²) < 4.78 is 5.78. The van der Waals surface area contributed by atoms with Gasteiger partial charge in [-0.25, -0.2) is 4.98 Å². The number of para-hydroxylation sites is 1. The molecule has 134 valence electrons. The van der Waals surface area contributed by atoms with Gasteiger partial charge in [0.05, 0.1) is 17.3 Å². The number of benzene rings is 2. The summed E-state index contributed by atoms with van der Waals surface area (Å²) in [7, 11) is 1.39. The van der Waals surface area contributed by atoms with Gasteiger partial charge in [0.15, 0.2) is 5.11 Å². The molecule has 26 heavy (non-hydrogen) atoms. The van der Waals surface area contributed by atoms with E-state index < -0.39 is 0 Å². The molecule has 0 radical (unpaired) electrons. The minimum atomic E-state index is -0.214. The molecule has 5 nitrogen and oxygen atoms in total. The van der Waals surface area contributed by atoms with E-state index in [2.05, 4.69) is 26.4 Å². The lowest BCUT2D eigenvalue weighted by molar-refractivity contribution is -0.140. The van der Waals surface area contributed by atoms with Crippen molar-refractivity contribution in [3.8, 4) is 10.6 Å². The predicted octanol–water partition coefficient (Wildman–Crippen LogP) is 4.20. The second-order valence-electron chi connectivity index (χ2n) is 5.63. The number of carbonyl (C=O) groups is 1. The standard InChI is InChI=1S/C19H19N3O2S2/c1-24-17(23)10-5-11-20-19(25)21-14-7-4-6-13(12-14)18-22-15-8-2-3-9-16(15)26-18/h2-4,6-9,12H,5,10-11H2,1H3,(H2,20,21,25). The summed E-state index contributed by atoms with van der Waals surface area (Å²) in [5.41, 5.74) is 2.95. The smallest absolute Gasteiger partial charge is 0.305 e. The van der Waals surface area contributed by atoms with E-state index in [1.807, 2.05) is 42.5 Å². The first kappa shape index (κ1) is 18.3. The second kappa shape index (κ2) is 8.73. The molecule has 1 aromatic heterocycles. The molecule has 2 N–H and O–H groups in total. The van der Waals surface area contributed by atoms with Crippen LogP contribution in [-0.2, 0) is 9.53 Å². The lowest BCUT2D eigenvalue weighted by atomic mass is 10.2. The molecule has 0 atom stereocenters. The van der Waals surface area contributed by atoms with Crippen molar-refractivity contribution >= 4 is 50.5 Å². The summed E-state index contributed by atoms with van der Waals surface area (Å²) in [6.45, 7) is 0.610. The third-order valence-corrected chi connectivity index (χ3v) is 5.06. The Balaban J connectivity index is 1.60. The number of nitrogens with zero attached hydrogens (tertiary/aromatic N) is 1. The Hall–Kier alpha value is -2.51. The lowest BCUT2D eigenvalue weighted by Crippen LogP contribution is -2.29. The van der Waals surface area contributed by atoms with Crippen LogP contribution in [0.5, 0.6) is 0 Å². The zero-order valence-corrected chi connectivity index (χ0v) is 16.0. The maximum absolute atomic E-state index is 11.1. The first-order valence-electron chi connectivity index (χ1n) is 8.23. The van der Waals surface area contributed by atoms with Crippen LogP contribution in [0.1, 0.15) is 12.8 Å². The SMILES string of the molecule is COC(=O)CCCNC(=S)Nc1cccc(-c2nc3ccccc3s2)c1. The van der Waals surface area contributed by atoms with Crippen LogP contribution in [0.25, 0.3) is 20.8 Å². The van der Waals surface area contributed by atoms with Crippen molar-refractivity contribution in [3.05, 3.63) is 48.5 Å². The number of hydrogen-bond donors (Lipinski definition) is 2. The normalized spacial score (nSPS) is 10.5. The van der Waals surface area contributed by atoms with Gasteiger partial charge in [-0.2, -0.15) is 0 Å². The fourth-order valence-electron chi connectivity index (χ4n) is 2.44. The summed E-state index contributed by atoms with van der Waals surface area (Å²) in [6.07, 6.45) is 1.04. The second-order valence-corrected chi connectivity index (χ2v) is 7.07. The molecule has 0 saturated carbocycles. The Kier molecular flexibility index (Phi) is 6.14. The number of esters is 1. The first-order valence-corrected chi connectivity index (χ1v) is 9.46. The van der Waals surface area contributed by atoms with Crippen LogP contribution in [0, 0.1) is 0 Å².